The van der Waals surface area contributed by atoms with Crippen molar-refractivity contribution in [2.24, 2.45) is 0 Å². The number of oxazole rings is 1. The molecule has 4 rings (SSSR count). The van der Waals surface area contributed by atoms with Crippen molar-refractivity contribution in [2.45, 2.75) is 33.0 Å². The molecular weight excluding hydrogens is 304 g/mol. The maximum absolute atomic E-state index is 5.92. The maximum Gasteiger partial charge on any atom is 0.209 e. The predicted octanol–water partition coefficient (Wildman–Crippen LogP) is 2.54. The van der Waals surface area contributed by atoms with Gasteiger partial charge in [-0.3, -0.25) is 9.58 Å². The van der Waals surface area contributed by atoms with E-state index in [2.05, 4.69) is 28.0 Å². The molecule has 3 heterocycles. The van der Waals surface area contributed by atoms with Crippen molar-refractivity contribution < 1.29 is 9.15 Å². The van der Waals surface area contributed by atoms with E-state index in [-0.39, 0.29) is 6.10 Å². The highest BCUT2D eigenvalue weighted by atomic mass is 16.5. The molecule has 0 radical (unpaired) electrons. The molecule has 1 aliphatic rings. The number of hydrogen-bond acceptors (Lipinski definition) is 5. The van der Waals surface area contributed by atoms with Crippen molar-refractivity contribution in [3.05, 3.63) is 47.6 Å². The Morgan fingerprint density at radius 2 is 2.12 bits per heavy atom. The van der Waals surface area contributed by atoms with Crippen molar-refractivity contribution >= 4 is 11.1 Å². The lowest BCUT2D eigenvalue weighted by Gasteiger charge is -2.32. The standard InChI is InChI=1S/C18H22N4O2/c1-13-9-14(2)22(20-13)11-15-10-21(7-8-23-15)12-18-19-16-5-3-4-6-17(16)24-18/h3-6,9,15H,7-8,10-12H2,1-2H3/t15-/m0/s1. The quantitative estimate of drug-likeness (QED) is 0.737. The fourth-order valence-corrected chi connectivity index (χ4v) is 3.27. The van der Waals surface area contributed by atoms with Gasteiger partial charge in [0.25, 0.3) is 0 Å². The van der Waals surface area contributed by atoms with Crippen LogP contribution in [0, 0.1) is 13.8 Å². The highest BCUT2D eigenvalue weighted by Crippen LogP contribution is 2.18. The lowest BCUT2D eigenvalue weighted by atomic mass is 10.2. The topological polar surface area (TPSA) is 56.3 Å². The molecule has 3 aromatic rings. The molecule has 0 saturated carbocycles. The van der Waals surface area contributed by atoms with Gasteiger partial charge in [0.2, 0.25) is 5.89 Å². The summed E-state index contributed by atoms with van der Waals surface area (Å²) in [5, 5.41) is 4.53. The van der Waals surface area contributed by atoms with Gasteiger partial charge in [0, 0.05) is 18.8 Å². The lowest BCUT2D eigenvalue weighted by Crippen LogP contribution is -2.44. The second kappa shape index (κ2) is 6.37. The van der Waals surface area contributed by atoms with E-state index in [1.165, 1.54) is 5.69 Å². The third kappa shape index (κ3) is 3.20. The van der Waals surface area contributed by atoms with Gasteiger partial charge in [-0.15, -0.1) is 0 Å². The van der Waals surface area contributed by atoms with Gasteiger partial charge in [-0.1, -0.05) is 12.1 Å². The van der Waals surface area contributed by atoms with Gasteiger partial charge in [-0.05, 0) is 32.0 Å². The van der Waals surface area contributed by atoms with E-state index in [1.807, 2.05) is 35.9 Å². The predicted molar refractivity (Wildman–Crippen MR) is 90.7 cm³/mol. The molecule has 126 valence electrons. The van der Waals surface area contributed by atoms with Gasteiger partial charge in [-0.2, -0.15) is 5.10 Å². The Labute approximate surface area is 141 Å². The smallest absolute Gasteiger partial charge is 0.209 e. The lowest BCUT2D eigenvalue weighted by molar-refractivity contribution is -0.0424. The average Bonchev–Trinajstić information content (AvgIpc) is 3.10. The van der Waals surface area contributed by atoms with Gasteiger partial charge in [0.1, 0.15) is 5.52 Å². The van der Waals surface area contributed by atoms with E-state index < -0.39 is 0 Å². The summed E-state index contributed by atoms with van der Waals surface area (Å²) in [5.41, 5.74) is 3.98. The number of morpholine rings is 1. The molecule has 24 heavy (non-hydrogen) atoms. The zero-order valence-corrected chi connectivity index (χ0v) is 14.1. The molecule has 1 aromatic carbocycles. The van der Waals surface area contributed by atoms with Crippen LogP contribution in [-0.2, 0) is 17.8 Å². The van der Waals surface area contributed by atoms with Crippen molar-refractivity contribution in [2.75, 3.05) is 19.7 Å². The summed E-state index contributed by atoms with van der Waals surface area (Å²) in [6, 6.07) is 9.98. The number of aryl methyl sites for hydroxylation is 2. The molecule has 6 nitrogen and oxygen atoms in total. The first kappa shape index (κ1) is 15.4. The second-order valence-electron chi connectivity index (χ2n) is 6.41. The molecule has 0 bridgehead atoms. The molecule has 0 N–H and O–H groups in total. The molecule has 0 unspecified atom stereocenters. The Hall–Kier alpha value is -2.18. The van der Waals surface area contributed by atoms with Gasteiger partial charge < -0.3 is 9.15 Å². The Morgan fingerprint density at radius 1 is 1.25 bits per heavy atom. The van der Waals surface area contributed by atoms with E-state index in [1.54, 1.807) is 0 Å². The number of aromatic nitrogens is 3. The SMILES string of the molecule is Cc1cc(C)n(C[C@@H]2CN(Cc3nc4ccccc4o3)CCO2)n1. The summed E-state index contributed by atoms with van der Waals surface area (Å²) in [6.45, 7) is 8.08. The molecule has 0 amide bonds. The molecule has 1 aliphatic heterocycles. The van der Waals surface area contributed by atoms with Crippen LogP contribution in [0.2, 0.25) is 0 Å². The zero-order chi connectivity index (χ0) is 16.5. The van der Waals surface area contributed by atoms with E-state index in [4.69, 9.17) is 9.15 Å². The monoisotopic (exact) mass is 326 g/mol. The maximum atomic E-state index is 5.92. The molecule has 1 atom stereocenters. The minimum absolute atomic E-state index is 0.140. The highest BCUT2D eigenvalue weighted by molar-refractivity contribution is 5.72. The van der Waals surface area contributed by atoms with Gasteiger partial charge in [-0.25, -0.2) is 4.98 Å². The summed E-state index contributed by atoms with van der Waals surface area (Å²) in [6.07, 6.45) is 0.140. The van der Waals surface area contributed by atoms with E-state index in [9.17, 15) is 0 Å². The number of benzene rings is 1. The van der Waals surface area contributed by atoms with Crippen LogP contribution in [0.15, 0.2) is 34.7 Å². The summed E-state index contributed by atoms with van der Waals surface area (Å²) in [5.74, 6) is 0.767. The van der Waals surface area contributed by atoms with Gasteiger partial charge in [0.15, 0.2) is 5.58 Å². The number of rotatable bonds is 4. The van der Waals surface area contributed by atoms with Gasteiger partial charge in [0.05, 0.1) is 31.5 Å². The number of nitrogens with zero attached hydrogens (tertiary/aromatic N) is 4. The van der Waals surface area contributed by atoms with Crippen LogP contribution in [0.1, 0.15) is 17.3 Å². The molecule has 1 saturated heterocycles. The molecule has 6 heteroatoms. The van der Waals surface area contributed by atoms with E-state index in [0.717, 1.165) is 48.9 Å². The zero-order valence-electron chi connectivity index (χ0n) is 14.1. The molecule has 0 spiro atoms. The second-order valence-corrected chi connectivity index (χ2v) is 6.41. The first-order chi connectivity index (χ1) is 11.7. The normalized spacial score (nSPS) is 19.2. The van der Waals surface area contributed by atoms with Crippen LogP contribution in [0.25, 0.3) is 11.1 Å². The summed E-state index contributed by atoms with van der Waals surface area (Å²) >= 11 is 0. The Morgan fingerprint density at radius 3 is 2.92 bits per heavy atom. The Kier molecular flexibility index (Phi) is 4.08. The van der Waals surface area contributed by atoms with Crippen LogP contribution in [0.3, 0.4) is 0 Å². The molecule has 0 aliphatic carbocycles. The molecule has 2 aromatic heterocycles. The third-order valence-corrected chi connectivity index (χ3v) is 4.40. The molecule has 1 fully saturated rings. The van der Waals surface area contributed by atoms with Crippen molar-refractivity contribution in [3.8, 4) is 0 Å². The number of fused-ring (bicyclic) bond motifs is 1. The summed E-state index contributed by atoms with van der Waals surface area (Å²) in [4.78, 5) is 6.90. The number of para-hydroxylation sites is 2. The number of ether oxygens (including phenoxy) is 1. The van der Waals surface area contributed by atoms with Crippen molar-refractivity contribution in [3.63, 3.8) is 0 Å². The molecular formula is C18H22N4O2. The Bertz CT molecular complexity index is 806. The minimum atomic E-state index is 0.140. The van der Waals surface area contributed by atoms with E-state index in [0.29, 0.717) is 6.54 Å². The van der Waals surface area contributed by atoms with Crippen molar-refractivity contribution in [1.82, 2.24) is 19.7 Å². The summed E-state index contributed by atoms with van der Waals surface area (Å²) in [7, 11) is 0. The van der Waals surface area contributed by atoms with Crippen LogP contribution in [0.4, 0.5) is 0 Å². The van der Waals surface area contributed by atoms with E-state index >= 15 is 0 Å². The van der Waals surface area contributed by atoms with Crippen LogP contribution in [-0.4, -0.2) is 45.5 Å². The van der Waals surface area contributed by atoms with Crippen LogP contribution in [0.5, 0.6) is 0 Å². The minimum Gasteiger partial charge on any atom is -0.439 e. The summed E-state index contributed by atoms with van der Waals surface area (Å²) < 4.78 is 13.8. The third-order valence-electron chi connectivity index (χ3n) is 4.40. The van der Waals surface area contributed by atoms with Gasteiger partial charge >= 0.3 is 0 Å². The largest absolute Gasteiger partial charge is 0.439 e. The number of hydrogen-bond donors (Lipinski definition) is 0. The van der Waals surface area contributed by atoms with Crippen molar-refractivity contribution in [1.29, 1.82) is 0 Å². The van der Waals surface area contributed by atoms with Crippen LogP contribution >= 0.6 is 0 Å². The average molecular weight is 326 g/mol. The van der Waals surface area contributed by atoms with Crippen LogP contribution < -0.4 is 0 Å². The fourth-order valence-electron chi connectivity index (χ4n) is 3.27. The Balaban J connectivity index is 1.42. The highest BCUT2D eigenvalue weighted by Gasteiger charge is 2.23. The first-order valence-corrected chi connectivity index (χ1v) is 8.37. The first-order valence-electron chi connectivity index (χ1n) is 8.37. The fraction of sp³-hybridized carbons (Fsp3) is 0.444.